The zero-order chi connectivity index (χ0) is 25.9. The first-order valence-electron chi connectivity index (χ1n) is 12.8. The number of amides is 1. The number of hydrogen-bond acceptors (Lipinski definition) is 7. The Bertz CT molecular complexity index is 850. The molecular weight excluding hydrogens is 468 g/mol. The summed E-state index contributed by atoms with van der Waals surface area (Å²) >= 11 is 0. The minimum atomic E-state index is -3.71. The summed E-state index contributed by atoms with van der Waals surface area (Å²) in [6, 6.07) is 6.62. The number of aliphatic hydroxyl groups is 1. The fraction of sp³-hybridized carbons (Fsp3) is 0.731. The monoisotopic (exact) mass is 512 g/mol. The van der Waals surface area contributed by atoms with Gasteiger partial charge in [0.1, 0.15) is 5.60 Å². The third-order valence-electron chi connectivity index (χ3n) is 6.34. The summed E-state index contributed by atoms with van der Waals surface area (Å²) < 4.78 is 34.9. The summed E-state index contributed by atoms with van der Waals surface area (Å²) in [6.07, 6.45) is 5.53. The lowest BCUT2D eigenvalue weighted by Crippen LogP contribution is -2.41. The van der Waals surface area contributed by atoms with Crippen LogP contribution in [-0.4, -0.2) is 69.5 Å². The van der Waals surface area contributed by atoms with Crippen LogP contribution in [0.2, 0.25) is 0 Å². The SMILES string of the molecule is Cc1ccc(S(=O)(=O)OCCC2CCN(C(=O)OC(C)(C)C)CC2)cc1.OCCC1CCNCC1. The van der Waals surface area contributed by atoms with Gasteiger partial charge in [-0.2, -0.15) is 8.42 Å². The summed E-state index contributed by atoms with van der Waals surface area (Å²) in [7, 11) is -3.71. The van der Waals surface area contributed by atoms with Crippen molar-refractivity contribution in [2.24, 2.45) is 11.8 Å². The summed E-state index contributed by atoms with van der Waals surface area (Å²) in [5, 5.41) is 11.9. The quantitative estimate of drug-likeness (QED) is 0.530. The first-order valence-corrected chi connectivity index (χ1v) is 14.2. The van der Waals surface area contributed by atoms with Gasteiger partial charge < -0.3 is 20.1 Å². The van der Waals surface area contributed by atoms with Crippen molar-refractivity contribution >= 4 is 16.2 Å². The molecule has 9 heteroatoms. The average molecular weight is 513 g/mol. The fourth-order valence-electron chi connectivity index (χ4n) is 4.18. The number of nitrogens with zero attached hydrogens (tertiary/aromatic N) is 1. The second-order valence-electron chi connectivity index (χ2n) is 10.5. The molecule has 1 aromatic carbocycles. The van der Waals surface area contributed by atoms with E-state index < -0.39 is 15.7 Å². The van der Waals surface area contributed by atoms with Crippen molar-refractivity contribution in [3.63, 3.8) is 0 Å². The molecule has 2 N–H and O–H groups in total. The number of hydrogen-bond donors (Lipinski definition) is 2. The summed E-state index contributed by atoms with van der Waals surface area (Å²) in [5.74, 6) is 1.14. The second-order valence-corrected chi connectivity index (χ2v) is 12.1. The number of rotatable bonds is 7. The Morgan fingerprint density at radius 2 is 1.60 bits per heavy atom. The van der Waals surface area contributed by atoms with E-state index in [4.69, 9.17) is 14.0 Å². The van der Waals surface area contributed by atoms with Crippen LogP contribution < -0.4 is 5.32 Å². The molecule has 0 unspecified atom stereocenters. The molecular formula is C26H44N2O6S. The van der Waals surface area contributed by atoms with Crippen molar-refractivity contribution in [3.05, 3.63) is 29.8 Å². The molecule has 1 amide bonds. The van der Waals surface area contributed by atoms with Crippen LogP contribution in [0.25, 0.3) is 0 Å². The number of piperidine rings is 2. The van der Waals surface area contributed by atoms with Gasteiger partial charge in [-0.1, -0.05) is 17.7 Å². The van der Waals surface area contributed by atoms with Crippen LogP contribution in [0.4, 0.5) is 4.79 Å². The molecule has 1 aromatic rings. The first kappa shape index (κ1) is 29.5. The Hall–Kier alpha value is -1.68. The van der Waals surface area contributed by atoms with Gasteiger partial charge >= 0.3 is 6.09 Å². The largest absolute Gasteiger partial charge is 0.444 e. The van der Waals surface area contributed by atoms with Crippen LogP contribution in [0.3, 0.4) is 0 Å². The van der Waals surface area contributed by atoms with E-state index in [9.17, 15) is 13.2 Å². The molecule has 0 spiro atoms. The zero-order valence-corrected chi connectivity index (χ0v) is 22.6. The number of carbonyl (C=O) groups is 1. The summed E-state index contributed by atoms with van der Waals surface area (Å²) in [5.41, 5.74) is 0.507. The minimum Gasteiger partial charge on any atom is -0.444 e. The molecule has 2 aliphatic heterocycles. The van der Waals surface area contributed by atoms with Crippen molar-refractivity contribution in [1.29, 1.82) is 0 Å². The van der Waals surface area contributed by atoms with E-state index in [0.717, 1.165) is 43.8 Å². The minimum absolute atomic E-state index is 0.160. The van der Waals surface area contributed by atoms with Crippen molar-refractivity contribution < 1.29 is 27.2 Å². The molecule has 2 fully saturated rings. The molecule has 2 aliphatic rings. The van der Waals surface area contributed by atoms with E-state index in [0.29, 0.717) is 32.0 Å². The molecule has 0 aromatic heterocycles. The molecule has 0 radical (unpaired) electrons. The number of nitrogens with one attached hydrogen (secondary N) is 1. The van der Waals surface area contributed by atoms with Crippen molar-refractivity contribution in [2.75, 3.05) is 39.4 Å². The van der Waals surface area contributed by atoms with Crippen LogP contribution in [0.1, 0.15) is 64.9 Å². The summed E-state index contributed by atoms with van der Waals surface area (Å²) in [6.45, 7) is 11.5. The molecule has 0 bridgehead atoms. The van der Waals surface area contributed by atoms with Gasteiger partial charge in [0.25, 0.3) is 10.1 Å². The van der Waals surface area contributed by atoms with Gasteiger partial charge in [0.2, 0.25) is 0 Å². The topological polar surface area (TPSA) is 105 Å². The highest BCUT2D eigenvalue weighted by Crippen LogP contribution is 2.23. The van der Waals surface area contributed by atoms with Gasteiger partial charge in [0.15, 0.2) is 0 Å². The molecule has 3 rings (SSSR count). The van der Waals surface area contributed by atoms with Crippen molar-refractivity contribution in [2.45, 2.75) is 76.7 Å². The molecule has 200 valence electrons. The van der Waals surface area contributed by atoms with Gasteiger partial charge in [0.05, 0.1) is 11.5 Å². The fourth-order valence-corrected chi connectivity index (χ4v) is 5.10. The van der Waals surface area contributed by atoms with E-state index >= 15 is 0 Å². The lowest BCUT2D eigenvalue weighted by molar-refractivity contribution is 0.0177. The molecule has 0 saturated carbocycles. The van der Waals surface area contributed by atoms with Crippen molar-refractivity contribution in [3.8, 4) is 0 Å². The number of carbonyl (C=O) groups excluding carboxylic acids is 1. The van der Waals surface area contributed by atoms with Gasteiger partial charge in [-0.15, -0.1) is 0 Å². The highest BCUT2D eigenvalue weighted by molar-refractivity contribution is 7.86. The van der Waals surface area contributed by atoms with E-state index in [1.807, 2.05) is 27.7 Å². The molecule has 35 heavy (non-hydrogen) atoms. The van der Waals surface area contributed by atoms with Gasteiger partial charge in [-0.3, -0.25) is 4.18 Å². The number of benzene rings is 1. The van der Waals surface area contributed by atoms with Crippen LogP contribution in [0, 0.1) is 18.8 Å². The van der Waals surface area contributed by atoms with Gasteiger partial charge in [0, 0.05) is 19.7 Å². The Kier molecular flexibility index (Phi) is 12.0. The van der Waals surface area contributed by atoms with Crippen LogP contribution in [0.15, 0.2) is 29.2 Å². The smallest absolute Gasteiger partial charge is 0.410 e. The maximum atomic E-state index is 12.2. The van der Waals surface area contributed by atoms with Crippen LogP contribution >= 0.6 is 0 Å². The number of aryl methyl sites for hydroxylation is 1. The second kappa shape index (κ2) is 14.2. The average Bonchev–Trinajstić information content (AvgIpc) is 2.80. The van der Waals surface area contributed by atoms with E-state index in [-0.39, 0.29) is 17.6 Å². The lowest BCUT2D eigenvalue weighted by Gasteiger charge is -2.33. The van der Waals surface area contributed by atoms with Crippen LogP contribution in [-0.2, 0) is 19.0 Å². The molecule has 8 nitrogen and oxygen atoms in total. The molecule has 0 atom stereocenters. The molecule has 0 aliphatic carbocycles. The standard InChI is InChI=1S/C19H29NO5S.C7H15NO/c1-15-5-7-17(8-6-15)26(22,23)24-14-11-16-9-12-20(13-10-16)18(21)25-19(2,3)4;9-6-3-7-1-4-8-5-2-7/h5-8,16H,9-14H2,1-4H3;7-9H,1-6H2. The molecule has 2 saturated heterocycles. The third kappa shape index (κ3) is 11.3. The first-order chi connectivity index (χ1) is 16.5. The lowest BCUT2D eigenvalue weighted by atomic mass is 9.94. The Balaban J connectivity index is 0.000000402. The number of aliphatic hydroxyl groups excluding tert-OH is 1. The number of ether oxygens (including phenoxy) is 1. The highest BCUT2D eigenvalue weighted by Gasteiger charge is 2.27. The van der Waals surface area contributed by atoms with Crippen LogP contribution in [0.5, 0.6) is 0 Å². The van der Waals surface area contributed by atoms with Gasteiger partial charge in [-0.05, 0) is 103 Å². The maximum absolute atomic E-state index is 12.2. The zero-order valence-electron chi connectivity index (χ0n) is 21.8. The van der Waals surface area contributed by atoms with Gasteiger partial charge in [-0.25, -0.2) is 4.79 Å². The Morgan fingerprint density at radius 1 is 1.03 bits per heavy atom. The number of likely N-dealkylation sites (tertiary alicyclic amines) is 1. The Morgan fingerprint density at radius 3 is 2.14 bits per heavy atom. The van der Waals surface area contributed by atoms with E-state index in [2.05, 4.69) is 5.32 Å². The normalized spacial score (nSPS) is 18.0. The molecule has 2 heterocycles. The maximum Gasteiger partial charge on any atom is 0.410 e. The predicted molar refractivity (Wildman–Crippen MR) is 137 cm³/mol. The summed E-state index contributed by atoms with van der Waals surface area (Å²) in [4.78, 5) is 13.9. The highest BCUT2D eigenvalue weighted by atomic mass is 32.2. The van der Waals surface area contributed by atoms with E-state index in [1.165, 1.54) is 12.8 Å². The third-order valence-corrected chi connectivity index (χ3v) is 7.66. The van der Waals surface area contributed by atoms with Crippen molar-refractivity contribution in [1.82, 2.24) is 10.2 Å². The Labute approximate surface area is 211 Å². The predicted octanol–water partition coefficient (Wildman–Crippen LogP) is 4.11. The van der Waals surface area contributed by atoms with E-state index in [1.54, 1.807) is 29.2 Å².